The monoisotopic (exact) mass is 383 g/mol. The topological polar surface area (TPSA) is 69.7 Å². The smallest absolute Gasteiger partial charge is 0.281 e. The van der Waals surface area contributed by atoms with E-state index in [0.29, 0.717) is 38.0 Å². The van der Waals surface area contributed by atoms with Crippen molar-refractivity contribution in [1.82, 2.24) is 13.9 Å². The molecule has 1 N–H and O–H groups in total. The summed E-state index contributed by atoms with van der Waals surface area (Å²) in [6.07, 6.45) is 4.15. The summed E-state index contributed by atoms with van der Waals surface area (Å²) in [6.45, 7) is 1.88. The molecule has 1 unspecified atom stereocenters. The maximum absolute atomic E-state index is 13.7. The molecule has 3 rings (SSSR count). The van der Waals surface area contributed by atoms with E-state index in [2.05, 4.69) is 5.32 Å². The second kappa shape index (κ2) is 8.45. The van der Waals surface area contributed by atoms with Gasteiger partial charge in [0.1, 0.15) is 5.82 Å². The van der Waals surface area contributed by atoms with Gasteiger partial charge in [0.05, 0.1) is 5.92 Å². The molecule has 1 amide bonds. The van der Waals surface area contributed by atoms with Crippen molar-refractivity contribution in [3.63, 3.8) is 0 Å². The fourth-order valence-electron chi connectivity index (χ4n) is 3.59. The number of carbonyl (C=O) groups excluding carboxylic acids is 1. The van der Waals surface area contributed by atoms with Crippen LogP contribution in [0.1, 0.15) is 37.7 Å². The van der Waals surface area contributed by atoms with Gasteiger partial charge in [0.25, 0.3) is 10.2 Å². The van der Waals surface area contributed by atoms with E-state index in [9.17, 15) is 17.6 Å². The number of benzene rings is 1. The van der Waals surface area contributed by atoms with Crippen LogP contribution in [-0.2, 0) is 21.5 Å². The first kappa shape index (κ1) is 19.3. The van der Waals surface area contributed by atoms with E-state index in [1.165, 1.54) is 14.7 Å². The van der Waals surface area contributed by atoms with Crippen molar-refractivity contribution in [2.24, 2.45) is 5.92 Å². The normalized spacial score (nSPS) is 22.9. The molecule has 2 heterocycles. The number of carbonyl (C=O) groups is 1. The minimum atomic E-state index is -3.50. The third kappa shape index (κ3) is 4.42. The van der Waals surface area contributed by atoms with Crippen LogP contribution in [-0.4, -0.2) is 49.1 Å². The first-order chi connectivity index (χ1) is 12.5. The zero-order chi connectivity index (χ0) is 18.6. The highest BCUT2D eigenvalue weighted by Crippen LogP contribution is 2.23. The van der Waals surface area contributed by atoms with Crippen LogP contribution >= 0.6 is 0 Å². The van der Waals surface area contributed by atoms with E-state index in [0.717, 1.165) is 19.3 Å². The van der Waals surface area contributed by atoms with E-state index >= 15 is 0 Å². The molecule has 2 aliphatic rings. The molecule has 1 aromatic rings. The van der Waals surface area contributed by atoms with Crippen molar-refractivity contribution < 1.29 is 17.6 Å². The lowest BCUT2D eigenvalue weighted by Gasteiger charge is -2.36. The molecule has 2 aliphatic heterocycles. The molecule has 144 valence electrons. The molecule has 0 aliphatic carbocycles. The van der Waals surface area contributed by atoms with Gasteiger partial charge in [-0.15, -0.1) is 0 Å². The summed E-state index contributed by atoms with van der Waals surface area (Å²) in [5.74, 6) is -0.965. The Morgan fingerprint density at radius 2 is 1.77 bits per heavy atom. The molecule has 2 fully saturated rings. The second-order valence-electron chi connectivity index (χ2n) is 6.97. The Bertz CT molecular complexity index is 735. The molecular formula is C18H26FN3O3S. The predicted molar refractivity (Wildman–Crippen MR) is 96.9 cm³/mol. The van der Waals surface area contributed by atoms with Crippen LogP contribution < -0.4 is 5.32 Å². The quantitative estimate of drug-likeness (QED) is 0.844. The maximum atomic E-state index is 13.7. The first-order valence-electron chi connectivity index (χ1n) is 9.25. The maximum Gasteiger partial charge on any atom is 0.281 e. The van der Waals surface area contributed by atoms with Crippen LogP contribution in [0.4, 0.5) is 4.39 Å². The van der Waals surface area contributed by atoms with Crippen LogP contribution in [0, 0.1) is 11.7 Å². The average Bonchev–Trinajstić information content (AvgIpc) is 2.68. The highest BCUT2D eigenvalue weighted by atomic mass is 32.2. The molecule has 6 nitrogen and oxygen atoms in total. The Morgan fingerprint density at radius 3 is 2.50 bits per heavy atom. The van der Waals surface area contributed by atoms with E-state index in [-0.39, 0.29) is 24.8 Å². The fourth-order valence-corrected chi connectivity index (χ4v) is 5.37. The van der Waals surface area contributed by atoms with Crippen LogP contribution in [0.15, 0.2) is 24.3 Å². The summed E-state index contributed by atoms with van der Waals surface area (Å²) in [5.41, 5.74) is 0.425. The molecule has 1 aromatic carbocycles. The largest absolute Gasteiger partial charge is 0.352 e. The highest BCUT2D eigenvalue weighted by Gasteiger charge is 2.36. The number of hydrogen-bond donors (Lipinski definition) is 1. The van der Waals surface area contributed by atoms with Gasteiger partial charge < -0.3 is 5.32 Å². The lowest BCUT2D eigenvalue weighted by molar-refractivity contribution is -0.126. The van der Waals surface area contributed by atoms with E-state index in [1.54, 1.807) is 18.2 Å². The van der Waals surface area contributed by atoms with Gasteiger partial charge in [-0.1, -0.05) is 24.6 Å². The zero-order valence-corrected chi connectivity index (χ0v) is 15.7. The summed E-state index contributed by atoms with van der Waals surface area (Å²) in [7, 11) is -3.50. The number of hydrogen-bond acceptors (Lipinski definition) is 3. The number of rotatable bonds is 5. The molecule has 0 aromatic heterocycles. The molecule has 0 saturated carbocycles. The van der Waals surface area contributed by atoms with Crippen molar-refractivity contribution in [3.05, 3.63) is 35.6 Å². The van der Waals surface area contributed by atoms with Gasteiger partial charge in [0.2, 0.25) is 5.91 Å². The second-order valence-corrected chi connectivity index (χ2v) is 8.90. The lowest BCUT2D eigenvalue weighted by atomic mass is 9.98. The van der Waals surface area contributed by atoms with Crippen molar-refractivity contribution in [3.8, 4) is 0 Å². The predicted octanol–water partition coefficient (Wildman–Crippen LogP) is 1.88. The standard InChI is InChI=1S/C18H26FN3O3S/c19-17-9-3-2-7-15(17)13-20-18(23)16-8-6-12-22(14-16)26(24,25)21-10-4-1-5-11-21/h2-3,7,9,16H,1,4-6,8,10-14H2,(H,20,23). The third-order valence-electron chi connectivity index (χ3n) is 5.13. The SMILES string of the molecule is O=C(NCc1ccccc1F)C1CCCN(S(=O)(=O)N2CCCCC2)C1. The van der Waals surface area contributed by atoms with Crippen LogP contribution in [0.25, 0.3) is 0 Å². The van der Waals surface area contributed by atoms with Gasteiger partial charge in [-0.05, 0) is 31.7 Å². The number of halogens is 1. The van der Waals surface area contributed by atoms with Crippen molar-refractivity contribution in [1.29, 1.82) is 0 Å². The molecule has 0 radical (unpaired) electrons. The molecule has 0 bridgehead atoms. The summed E-state index contributed by atoms with van der Waals surface area (Å²) < 4.78 is 42.2. The minimum absolute atomic E-state index is 0.112. The van der Waals surface area contributed by atoms with Crippen molar-refractivity contribution in [2.75, 3.05) is 26.2 Å². The Morgan fingerprint density at radius 1 is 1.08 bits per heavy atom. The number of nitrogens with zero attached hydrogens (tertiary/aromatic N) is 2. The number of amides is 1. The van der Waals surface area contributed by atoms with E-state index in [1.807, 2.05) is 0 Å². The molecule has 2 saturated heterocycles. The highest BCUT2D eigenvalue weighted by molar-refractivity contribution is 7.86. The number of piperidine rings is 2. The Hall–Kier alpha value is -1.51. The van der Waals surface area contributed by atoms with Crippen LogP contribution in [0.5, 0.6) is 0 Å². The summed E-state index contributed by atoms with van der Waals surface area (Å²) in [4.78, 5) is 12.5. The molecule has 0 spiro atoms. The Kier molecular flexibility index (Phi) is 6.26. The van der Waals surface area contributed by atoms with Gasteiger partial charge in [-0.2, -0.15) is 17.0 Å². The first-order valence-corrected chi connectivity index (χ1v) is 10.6. The van der Waals surface area contributed by atoms with E-state index < -0.39 is 16.1 Å². The van der Waals surface area contributed by atoms with Crippen LogP contribution in [0.2, 0.25) is 0 Å². The van der Waals surface area contributed by atoms with Crippen LogP contribution in [0.3, 0.4) is 0 Å². The van der Waals surface area contributed by atoms with Gasteiger partial charge in [0, 0.05) is 38.3 Å². The van der Waals surface area contributed by atoms with Gasteiger partial charge in [0.15, 0.2) is 0 Å². The van der Waals surface area contributed by atoms with Gasteiger partial charge in [-0.3, -0.25) is 4.79 Å². The summed E-state index contributed by atoms with van der Waals surface area (Å²) in [6, 6.07) is 6.31. The number of nitrogens with one attached hydrogen (secondary N) is 1. The molecule has 1 atom stereocenters. The Labute approximate surface area is 154 Å². The molecular weight excluding hydrogens is 357 g/mol. The fraction of sp³-hybridized carbons (Fsp3) is 0.611. The molecule has 26 heavy (non-hydrogen) atoms. The Balaban J connectivity index is 1.59. The van der Waals surface area contributed by atoms with E-state index in [4.69, 9.17) is 0 Å². The van der Waals surface area contributed by atoms with Crippen molar-refractivity contribution in [2.45, 2.75) is 38.6 Å². The van der Waals surface area contributed by atoms with Gasteiger partial charge >= 0.3 is 0 Å². The average molecular weight is 383 g/mol. The minimum Gasteiger partial charge on any atom is -0.352 e. The lowest BCUT2D eigenvalue weighted by Crippen LogP contribution is -2.51. The summed E-state index contributed by atoms with van der Waals surface area (Å²) >= 11 is 0. The third-order valence-corrected chi connectivity index (χ3v) is 7.14. The summed E-state index contributed by atoms with van der Waals surface area (Å²) in [5, 5.41) is 2.75. The zero-order valence-electron chi connectivity index (χ0n) is 14.9. The van der Waals surface area contributed by atoms with Crippen molar-refractivity contribution >= 4 is 16.1 Å². The van der Waals surface area contributed by atoms with Gasteiger partial charge in [-0.25, -0.2) is 4.39 Å². The molecule has 8 heteroatoms.